The summed E-state index contributed by atoms with van der Waals surface area (Å²) in [5.41, 5.74) is 1.47. The average Bonchev–Trinajstić information content (AvgIpc) is 2.60. The van der Waals surface area contributed by atoms with Gasteiger partial charge in [-0.2, -0.15) is 13.2 Å². The molecule has 1 unspecified atom stereocenters. The van der Waals surface area contributed by atoms with Crippen LogP contribution in [0.2, 0.25) is 0 Å². The van der Waals surface area contributed by atoms with Crippen molar-refractivity contribution in [3.05, 3.63) is 71.8 Å². The van der Waals surface area contributed by atoms with Crippen LogP contribution in [0.15, 0.2) is 60.7 Å². The first-order valence-electron chi connectivity index (χ1n) is 7.24. The quantitative estimate of drug-likeness (QED) is 0.675. The molecule has 0 aliphatic rings. The van der Waals surface area contributed by atoms with E-state index in [0.29, 0.717) is 0 Å². The number of hydrogen-bond acceptors (Lipinski definition) is 4. The zero-order valence-electron chi connectivity index (χ0n) is 13.4. The molecule has 0 heterocycles. The minimum absolute atomic E-state index is 0.0752. The highest BCUT2D eigenvalue weighted by atomic mass is 19.4. The number of carbonyl (C=O) groups excluding carboxylic acids is 2. The van der Waals surface area contributed by atoms with Gasteiger partial charge >= 0.3 is 12.1 Å². The second-order valence-electron chi connectivity index (χ2n) is 4.92. The molecule has 0 saturated carbocycles. The molecule has 0 aromatic heterocycles. The number of ether oxygens (including phenoxy) is 1. The van der Waals surface area contributed by atoms with Crippen molar-refractivity contribution >= 4 is 11.8 Å². The summed E-state index contributed by atoms with van der Waals surface area (Å²) >= 11 is 0. The molecule has 25 heavy (non-hydrogen) atoms. The Balaban J connectivity index is 0.000000260. The number of hydrogen-bond donors (Lipinski definition) is 1. The third-order valence-corrected chi connectivity index (χ3v) is 2.89. The number of carbonyl (C=O) groups is 2. The topological polar surface area (TPSA) is 63.6 Å². The Labute approximate surface area is 142 Å². The number of halogens is 3. The highest BCUT2D eigenvalue weighted by molar-refractivity contribution is 6.08. The summed E-state index contributed by atoms with van der Waals surface area (Å²) in [5, 5.41) is 8.23. The van der Waals surface area contributed by atoms with Gasteiger partial charge in [-0.15, -0.1) is 0 Å². The fraction of sp³-hybridized carbons (Fsp3) is 0.222. The van der Waals surface area contributed by atoms with E-state index >= 15 is 0 Å². The van der Waals surface area contributed by atoms with Crippen LogP contribution in [0, 0.1) is 0 Å². The molecule has 0 spiro atoms. The lowest BCUT2D eigenvalue weighted by atomic mass is 10.0. The third-order valence-electron chi connectivity index (χ3n) is 2.89. The van der Waals surface area contributed by atoms with E-state index in [9.17, 15) is 22.8 Å². The van der Waals surface area contributed by atoms with Gasteiger partial charge in [-0.3, -0.25) is 9.59 Å². The van der Waals surface area contributed by atoms with Gasteiger partial charge in [0.15, 0.2) is 11.9 Å². The summed E-state index contributed by atoms with van der Waals surface area (Å²) in [6, 6.07) is 18.6. The van der Waals surface area contributed by atoms with Gasteiger partial charge in [0.2, 0.25) is 0 Å². The Bertz CT molecular complexity index is 628. The lowest BCUT2D eigenvalue weighted by Crippen LogP contribution is -2.33. The van der Waals surface area contributed by atoms with Crippen molar-refractivity contribution in [3.63, 3.8) is 0 Å². The second-order valence-corrected chi connectivity index (χ2v) is 4.92. The van der Waals surface area contributed by atoms with Crippen LogP contribution in [0.25, 0.3) is 0 Å². The minimum atomic E-state index is -4.73. The predicted molar refractivity (Wildman–Crippen MR) is 85.0 cm³/mol. The standard InChI is InChI=1S/C13H10O.C5H7F3O3/c14-13(11-7-3-1-4-8-11)12-9-5-2-6-10-12;1-3(9)11-2-4(10)5(6,7)8/h1-10H;4,10H,2H2,1H3. The Hall–Kier alpha value is -2.67. The number of alkyl halides is 3. The van der Waals surface area contributed by atoms with Crippen LogP contribution in [0.5, 0.6) is 0 Å². The molecule has 0 amide bonds. The molecule has 0 radical (unpaired) electrons. The van der Waals surface area contributed by atoms with Crippen LogP contribution in [0.3, 0.4) is 0 Å². The number of benzene rings is 2. The van der Waals surface area contributed by atoms with Crippen LogP contribution in [-0.4, -0.2) is 35.7 Å². The summed E-state index contributed by atoms with van der Waals surface area (Å²) < 4.78 is 38.3. The maximum absolute atomic E-state index is 11.8. The molecule has 0 fully saturated rings. The summed E-state index contributed by atoms with van der Waals surface area (Å²) in [7, 11) is 0. The van der Waals surface area contributed by atoms with Crippen LogP contribution in [0.4, 0.5) is 13.2 Å². The molecule has 1 atom stereocenters. The highest BCUT2D eigenvalue weighted by Gasteiger charge is 2.38. The smallest absolute Gasteiger partial charge is 0.417 e. The number of esters is 1. The van der Waals surface area contributed by atoms with Gasteiger partial charge in [0.05, 0.1) is 0 Å². The molecule has 4 nitrogen and oxygen atoms in total. The summed E-state index contributed by atoms with van der Waals surface area (Å²) in [6.45, 7) is -0.0814. The zero-order chi connectivity index (χ0) is 18.9. The molecule has 0 aliphatic carbocycles. The van der Waals surface area contributed by atoms with Crippen LogP contribution in [0.1, 0.15) is 22.8 Å². The molecule has 2 rings (SSSR count). The van der Waals surface area contributed by atoms with E-state index in [4.69, 9.17) is 5.11 Å². The summed E-state index contributed by atoms with van der Waals surface area (Å²) in [5.74, 6) is -0.778. The molecule has 2 aromatic rings. The third kappa shape index (κ3) is 7.63. The Morgan fingerprint density at radius 2 is 1.36 bits per heavy atom. The average molecular weight is 354 g/mol. The van der Waals surface area contributed by atoms with Gasteiger partial charge in [-0.1, -0.05) is 60.7 Å². The van der Waals surface area contributed by atoms with E-state index in [-0.39, 0.29) is 5.78 Å². The summed E-state index contributed by atoms with van der Waals surface area (Å²) in [4.78, 5) is 21.8. The van der Waals surface area contributed by atoms with E-state index in [2.05, 4.69) is 4.74 Å². The Morgan fingerprint density at radius 1 is 0.960 bits per heavy atom. The van der Waals surface area contributed by atoms with Crippen molar-refractivity contribution in [1.82, 2.24) is 0 Å². The van der Waals surface area contributed by atoms with Crippen molar-refractivity contribution in [2.45, 2.75) is 19.2 Å². The van der Waals surface area contributed by atoms with Crippen LogP contribution < -0.4 is 0 Å². The largest absolute Gasteiger partial charge is 0.463 e. The molecule has 0 saturated heterocycles. The monoisotopic (exact) mass is 354 g/mol. The van der Waals surface area contributed by atoms with Crippen LogP contribution in [-0.2, 0) is 9.53 Å². The number of aliphatic hydroxyl groups excluding tert-OH is 1. The first-order chi connectivity index (χ1) is 11.7. The molecule has 134 valence electrons. The SMILES string of the molecule is CC(=O)OCC(O)C(F)(F)F.O=C(c1ccccc1)c1ccccc1. The maximum Gasteiger partial charge on any atom is 0.417 e. The van der Waals surface area contributed by atoms with Crippen molar-refractivity contribution in [2.75, 3.05) is 6.61 Å². The van der Waals surface area contributed by atoms with E-state index in [1.54, 1.807) is 0 Å². The Kier molecular flexibility index (Phi) is 7.81. The summed E-state index contributed by atoms with van der Waals surface area (Å²) in [6.07, 6.45) is -7.32. The molecule has 0 aliphatic heterocycles. The lowest BCUT2D eigenvalue weighted by molar-refractivity contribution is -0.216. The Morgan fingerprint density at radius 3 is 1.68 bits per heavy atom. The van der Waals surface area contributed by atoms with E-state index in [0.717, 1.165) is 18.1 Å². The molecule has 0 bridgehead atoms. The number of rotatable bonds is 4. The molecular weight excluding hydrogens is 337 g/mol. The van der Waals surface area contributed by atoms with Crippen molar-refractivity contribution in [1.29, 1.82) is 0 Å². The fourth-order valence-electron chi connectivity index (χ4n) is 1.64. The first kappa shape index (κ1) is 20.4. The van der Waals surface area contributed by atoms with Crippen molar-refractivity contribution in [2.24, 2.45) is 0 Å². The lowest BCUT2D eigenvalue weighted by Gasteiger charge is -2.13. The van der Waals surface area contributed by atoms with Gasteiger partial charge in [0.1, 0.15) is 6.61 Å². The van der Waals surface area contributed by atoms with Gasteiger partial charge in [0.25, 0.3) is 0 Å². The predicted octanol–water partition coefficient (Wildman–Crippen LogP) is 3.39. The highest BCUT2D eigenvalue weighted by Crippen LogP contribution is 2.19. The molecule has 1 N–H and O–H groups in total. The zero-order valence-corrected chi connectivity index (χ0v) is 13.4. The van der Waals surface area contributed by atoms with Crippen molar-refractivity contribution in [3.8, 4) is 0 Å². The normalized spacial score (nSPS) is 11.7. The minimum Gasteiger partial charge on any atom is -0.463 e. The van der Waals surface area contributed by atoms with Gasteiger partial charge in [-0.05, 0) is 0 Å². The fourth-order valence-corrected chi connectivity index (χ4v) is 1.64. The van der Waals surface area contributed by atoms with Crippen LogP contribution >= 0.6 is 0 Å². The molecule has 7 heteroatoms. The van der Waals surface area contributed by atoms with E-state index in [1.165, 1.54) is 0 Å². The maximum atomic E-state index is 11.8. The first-order valence-corrected chi connectivity index (χ1v) is 7.24. The molecule has 2 aromatic carbocycles. The van der Waals surface area contributed by atoms with Gasteiger partial charge in [0, 0.05) is 18.1 Å². The number of ketones is 1. The second kappa shape index (κ2) is 9.58. The molecular formula is C18H17F3O4. The van der Waals surface area contributed by atoms with Gasteiger partial charge in [-0.25, -0.2) is 0 Å². The van der Waals surface area contributed by atoms with E-state index < -0.39 is 24.9 Å². The van der Waals surface area contributed by atoms with Crippen molar-refractivity contribution < 1.29 is 32.6 Å². The van der Waals surface area contributed by atoms with Gasteiger partial charge < -0.3 is 9.84 Å². The number of aliphatic hydroxyl groups is 1. The van der Waals surface area contributed by atoms with E-state index in [1.807, 2.05) is 60.7 Å².